The molecule has 1 aliphatic rings. The maximum Gasteiger partial charge on any atom is 0.247 e. The van der Waals surface area contributed by atoms with Crippen LogP contribution in [0.3, 0.4) is 0 Å². The van der Waals surface area contributed by atoms with Crippen molar-refractivity contribution in [3.8, 4) is 11.5 Å². The second kappa shape index (κ2) is 4.42. The van der Waals surface area contributed by atoms with Crippen LogP contribution in [0, 0.1) is 0 Å². The lowest BCUT2D eigenvalue weighted by Gasteiger charge is -2.15. The van der Waals surface area contributed by atoms with Gasteiger partial charge in [-0.1, -0.05) is 0 Å². The summed E-state index contributed by atoms with van der Waals surface area (Å²) < 4.78 is 5.56. The van der Waals surface area contributed by atoms with E-state index in [1.54, 1.807) is 0 Å². The van der Waals surface area contributed by atoms with Gasteiger partial charge in [-0.25, -0.2) is 0 Å². The van der Waals surface area contributed by atoms with E-state index in [1.165, 1.54) is 0 Å². The molecule has 0 bridgehead atoms. The number of benzene rings is 1. The molecule has 20 heavy (non-hydrogen) atoms. The molecule has 0 aliphatic carbocycles. The summed E-state index contributed by atoms with van der Waals surface area (Å²) in [5.41, 5.74) is 7.50. The molecule has 104 valence electrons. The van der Waals surface area contributed by atoms with Gasteiger partial charge in [-0.05, 0) is 37.6 Å². The van der Waals surface area contributed by atoms with E-state index in [1.807, 2.05) is 32.0 Å². The lowest BCUT2D eigenvalue weighted by atomic mass is 9.85. The fourth-order valence-electron chi connectivity index (χ4n) is 2.30. The monoisotopic (exact) mass is 272 g/mol. The minimum Gasteiger partial charge on any atom is -0.421 e. The normalized spacial score (nSPS) is 16.1. The number of hydrogen-bond donors (Lipinski definition) is 2. The second-order valence-electron chi connectivity index (χ2n) is 5.38. The van der Waals surface area contributed by atoms with Crippen molar-refractivity contribution in [3.05, 3.63) is 29.7 Å². The van der Waals surface area contributed by atoms with Crippen LogP contribution >= 0.6 is 0 Å². The van der Waals surface area contributed by atoms with Gasteiger partial charge in [0.2, 0.25) is 17.7 Å². The molecule has 0 atom stereocenters. The molecule has 0 saturated carbocycles. The van der Waals surface area contributed by atoms with Crippen molar-refractivity contribution >= 4 is 11.6 Å². The summed E-state index contributed by atoms with van der Waals surface area (Å²) in [4.78, 5) is 11.9. The molecule has 3 rings (SSSR count). The van der Waals surface area contributed by atoms with Crippen LogP contribution in [-0.2, 0) is 16.6 Å². The topological polar surface area (TPSA) is 94.0 Å². The molecule has 3 N–H and O–H groups in total. The number of fused-ring (bicyclic) bond motifs is 1. The van der Waals surface area contributed by atoms with E-state index in [0.717, 1.165) is 16.8 Å². The first-order valence-electron chi connectivity index (χ1n) is 6.51. The number of carbonyl (C=O) groups is 1. The fourth-order valence-corrected chi connectivity index (χ4v) is 2.30. The van der Waals surface area contributed by atoms with Crippen molar-refractivity contribution in [1.29, 1.82) is 0 Å². The largest absolute Gasteiger partial charge is 0.421 e. The van der Waals surface area contributed by atoms with Crippen molar-refractivity contribution in [2.45, 2.75) is 25.7 Å². The van der Waals surface area contributed by atoms with Gasteiger partial charge in [0, 0.05) is 24.2 Å². The summed E-state index contributed by atoms with van der Waals surface area (Å²) in [6.45, 7) is 4.26. The summed E-state index contributed by atoms with van der Waals surface area (Å²) in [5, 5.41) is 10.8. The van der Waals surface area contributed by atoms with Gasteiger partial charge in [-0.2, -0.15) is 0 Å². The number of anilines is 1. The number of nitrogens with one attached hydrogen (secondary N) is 1. The summed E-state index contributed by atoms with van der Waals surface area (Å²) >= 11 is 0. The van der Waals surface area contributed by atoms with Crippen LogP contribution in [0.5, 0.6) is 0 Å². The lowest BCUT2D eigenvalue weighted by Crippen LogP contribution is -2.26. The van der Waals surface area contributed by atoms with Gasteiger partial charge >= 0.3 is 0 Å². The summed E-state index contributed by atoms with van der Waals surface area (Å²) in [7, 11) is 0. The molecule has 0 saturated heterocycles. The first-order valence-corrected chi connectivity index (χ1v) is 6.51. The Labute approximate surface area is 116 Å². The predicted molar refractivity (Wildman–Crippen MR) is 74.1 cm³/mol. The number of aromatic nitrogens is 2. The maximum absolute atomic E-state index is 11.9. The molecule has 2 heterocycles. The van der Waals surface area contributed by atoms with Gasteiger partial charge in [0.25, 0.3) is 0 Å². The van der Waals surface area contributed by atoms with Gasteiger partial charge < -0.3 is 15.5 Å². The molecule has 1 aliphatic heterocycles. The van der Waals surface area contributed by atoms with Crippen LogP contribution in [0.1, 0.15) is 25.3 Å². The molecule has 1 aromatic carbocycles. The molecule has 6 nitrogen and oxygen atoms in total. The Hall–Kier alpha value is -2.21. The number of rotatable bonds is 3. The van der Waals surface area contributed by atoms with Gasteiger partial charge in [0.15, 0.2) is 0 Å². The number of carbonyl (C=O) groups excluding carboxylic acids is 1. The zero-order valence-electron chi connectivity index (χ0n) is 11.4. The van der Waals surface area contributed by atoms with Gasteiger partial charge in [-0.3, -0.25) is 4.79 Å². The van der Waals surface area contributed by atoms with Crippen LogP contribution in [0.4, 0.5) is 5.69 Å². The molecular formula is C14H16N4O2. The molecular weight excluding hydrogens is 256 g/mol. The number of nitrogens with two attached hydrogens (primary N) is 1. The molecule has 0 unspecified atom stereocenters. The quantitative estimate of drug-likeness (QED) is 0.882. The third-order valence-corrected chi connectivity index (χ3v) is 3.58. The minimum absolute atomic E-state index is 0.000926. The first kappa shape index (κ1) is 12.8. The van der Waals surface area contributed by atoms with E-state index in [-0.39, 0.29) is 5.91 Å². The Balaban J connectivity index is 2.01. The molecule has 1 aromatic heterocycles. The summed E-state index contributed by atoms with van der Waals surface area (Å²) in [5.74, 6) is 0.974. The number of hydrogen-bond acceptors (Lipinski definition) is 5. The van der Waals surface area contributed by atoms with Crippen molar-refractivity contribution < 1.29 is 9.21 Å². The third-order valence-electron chi connectivity index (χ3n) is 3.58. The minimum atomic E-state index is -0.550. The highest BCUT2D eigenvalue weighted by Crippen LogP contribution is 2.39. The average Bonchev–Trinajstić information content (AvgIpc) is 2.95. The molecule has 1 amide bonds. The summed E-state index contributed by atoms with van der Waals surface area (Å²) in [6, 6.07) is 5.65. The van der Waals surface area contributed by atoms with Crippen molar-refractivity contribution in [3.63, 3.8) is 0 Å². The van der Waals surface area contributed by atoms with Crippen LogP contribution in [0.25, 0.3) is 11.5 Å². The lowest BCUT2D eigenvalue weighted by molar-refractivity contribution is -0.119. The molecule has 0 spiro atoms. The average molecular weight is 272 g/mol. The fraction of sp³-hybridized carbons (Fsp3) is 0.357. The van der Waals surface area contributed by atoms with Gasteiger partial charge in [0.1, 0.15) is 0 Å². The van der Waals surface area contributed by atoms with Crippen LogP contribution in [-0.4, -0.2) is 22.6 Å². The van der Waals surface area contributed by atoms with E-state index in [0.29, 0.717) is 24.7 Å². The van der Waals surface area contributed by atoms with Crippen molar-refractivity contribution in [2.75, 3.05) is 11.9 Å². The standard InChI is InChI=1S/C14H16N4O2/c1-14(2)9-7-8(3-4-10(9)16-13(14)19)12-18-17-11(20-12)5-6-15/h3-4,7H,5-6,15H2,1-2H3,(H,16,19). The smallest absolute Gasteiger partial charge is 0.247 e. The molecule has 0 radical (unpaired) electrons. The van der Waals surface area contributed by atoms with Crippen molar-refractivity contribution in [1.82, 2.24) is 10.2 Å². The Morgan fingerprint density at radius 2 is 2.15 bits per heavy atom. The van der Waals surface area contributed by atoms with E-state index in [4.69, 9.17) is 10.2 Å². The second-order valence-corrected chi connectivity index (χ2v) is 5.38. The Morgan fingerprint density at radius 1 is 1.35 bits per heavy atom. The first-order chi connectivity index (χ1) is 9.52. The molecule has 2 aromatic rings. The Kier molecular flexibility index (Phi) is 2.83. The predicted octanol–water partition coefficient (Wildman–Crippen LogP) is 1.47. The van der Waals surface area contributed by atoms with E-state index in [9.17, 15) is 4.79 Å². The molecule has 0 fully saturated rings. The highest BCUT2D eigenvalue weighted by Gasteiger charge is 2.38. The maximum atomic E-state index is 11.9. The molecule has 6 heteroatoms. The van der Waals surface area contributed by atoms with Gasteiger partial charge in [0.05, 0.1) is 5.41 Å². The van der Waals surface area contributed by atoms with Crippen molar-refractivity contribution in [2.24, 2.45) is 5.73 Å². The van der Waals surface area contributed by atoms with Crippen LogP contribution in [0.2, 0.25) is 0 Å². The number of amides is 1. The number of nitrogens with zero attached hydrogens (tertiary/aromatic N) is 2. The van der Waals surface area contributed by atoms with E-state index < -0.39 is 5.41 Å². The van der Waals surface area contributed by atoms with E-state index >= 15 is 0 Å². The van der Waals surface area contributed by atoms with E-state index in [2.05, 4.69) is 15.5 Å². The third kappa shape index (κ3) is 1.89. The zero-order valence-corrected chi connectivity index (χ0v) is 11.4. The highest BCUT2D eigenvalue weighted by atomic mass is 16.4. The van der Waals surface area contributed by atoms with Crippen LogP contribution in [0.15, 0.2) is 22.6 Å². The highest BCUT2D eigenvalue weighted by molar-refractivity contribution is 6.06. The van der Waals surface area contributed by atoms with Crippen LogP contribution < -0.4 is 11.1 Å². The Bertz CT molecular complexity index is 676. The zero-order chi connectivity index (χ0) is 14.3. The SMILES string of the molecule is CC1(C)C(=O)Nc2ccc(-c3nnc(CCN)o3)cc21. The van der Waals surface area contributed by atoms with Gasteiger partial charge in [-0.15, -0.1) is 10.2 Å². The summed E-state index contributed by atoms with van der Waals surface area (Å²) in [6.07, 6.45) is 0.559. The Morgan fingerprint density at radius 3 is 2.90 bits per heavy atom.